The van der Waals surface area contributed by atoms with Crippen molar-refractivity contribution in [3.63, 3.8) is 0 Å². The van der Waals surface area contributed by atoms with Gasteiger partial charge in [-0.05, 0) is 52.3 Å². The summed E-state index contributed by atoms with van der Waals surface area (Å²) >= 11 is 0. The van der Waals surface area contributed by atoms with Crippen molar-refractivity contribution >= 4 is 0 Å². The minimum Gasteiger partial charge on any atom is -0.0380 e. The van der Waals surface area contributed by atoms with Crippen LogP contribution in [0.2, 0.25) is 0 Å². The van der Waals surface area contributed by atoms with Crippen LogP contribution in [0.5, 0.6) is 0 Å². The Hall–Kier alpha value is -1.35. The highest BCUT2D eigenvalue weighted by atomic mass is 14.0. The second-order valence-corrected chi connectivity index (χ2v) is 4.02. The number of aryl methyl sites for hydroxylation is 3. The minimum absolute atomic E-state index is 1.16. The van der Waals surface area contributed by atoms with Crippen LogP contribution in [0.25, 0.3) is 0 Å². The van der Waals surface area contributed by atoms with E-state index in [1.165, 1.54) is 22.3 Å². The lowest BCUT2D eigenvalue weighted by Gasteiger charge is -1.97. The first-order valence-electron chi connectivity index (χ1n) is 4.90. The van der Waals surface area contributed by atoms with Crippen molar-refractivity contribution < 1.29 is 0 Å². The molecule has 72 valence electrons. The Morgan fingerprint density at radius 3 is 2.00 bits per heavy atom. The molecule has 1 rings (SSSR count). The summed E-state index contributed by atoms with van der Waals surface area (Å²) in [4.78, 5) is 0. The molecule has 0 nitrogen and oxygen atoms in total. The van der Waals surface area contributed by atoms with Gasteiger partial charge in [0.2, 0.25) is 0 Å². The lowest BCUT2D eigenvalue weighted by Crippen LogP contribution is -1.88. The van der Waals surface area contributed by atoms with E-state index in [0.29, 0.717) is 0 Å². The molecule has 0 bridgehead atoms. The van der Waals surface area contributed by atoms with Crippen LogP contribution in [0.1, 0.15) is 36.1 Å². The van der Waals surface area contributed by atoms with Gasteiger partial charge in [-0.1, -0.05) is 0 Å². The van der Waals surface area contributed by atoms with Crippen molar-refractivity contribution in [3.05, 3.63) is 51.8 Å². The fourth-order valence-electron chi connectivity index (χ4n) is 1.56. The van der Waals surface area contributed by atoms with Crippen LogP contribution < -0.4 is 0 Å². The molecule has 1 aromatic carbocycles. The smallest absolute Gasteiger partial charge is 0.0380 e. The minimum atomic E-state index is 1.16. The third-order valence-electron chi connectivity index (χ3n) is 2.11. The van der Waals surface area contributed by atoms with Gasteiger partial charge in [0, 0.05) is 22.4 Å². The fraction of sp³-hybridized carbons (Fsp3) is 0.357. The van der Waals surface area contributed by atoms with E-state index in [2.05, 4.69) is 44.7 Å². The molecular weight excluding hydrogens is 168 g/mol. The third-order valence-corrected chi connectivity index (χ3v) is 2.11. The first-order valence-corrected chi connectivity index (χ1v) is 4.90. The highest BCUT2D eigenvalue weighted by Crippen LogP contribution is 2.16. The van der Waals surface area contributed by atoms with Gasteiger partial charge in [0.1, 0.15) is 0 Å². The highest BCUT2D eigenvalue weighted by Gasteiger charge is 2.08. The van der Waals surface area contributed by atoms with Gasteiger partial charge in [-0.3, -0.25) is 0 Å². The summed E-state index contributed by atoms with van der Waals surface area (Å²) in [7, 11) is 0. The van der Waals surface area contributed by atoms with Crippen LogP contribution in [0.4, 0.5) is 0 Å². The molecule has 0 spiro atoms. The van der Waals surface area contributed by atoms with Gasteiger partial charge in [0.05, 0.1) is 6.08 Å². The van der Waals surface area contributed by atoms with Crippen molar-refractivity contribution in [1.82, 2.24) is 0 Å². The lowest BCUT2D eigenvalue weighted by atomic mass is 10.00. The van der Waals surface area contributed by atoms with Crippen molar-refractivity contribution in [2.24, 2.45) is 0 Å². The maximum atomic E-state index is 3.22. The van der Waals surface area contributed by atoms with E-state index in [-0.39, 0.29) is 0 Å². The molecule has 0 aliphatic heterocycles. The van der Waals surface area contributed by atoms with E-state index in [1.807, 2.05) is 13.8 Å². The zero-order chi connectivity index (χ0) is 10.7. The van der Waals surface area contributed by atoms with Gasteiger partial charge in [-0.25, -0.2) is 0 Å². The molecule has 1 aromatic rings. The average Bonchev–Trinajstić information content (AvgIpc) is 2.01. The number of benzene rings is 1. The maximum absolute atomic E-state index is 3.22. The third kappa shape index (κ3) is 2.57. The second kappa shape index (κ2) is 4.24. The van der Waals surface area contributed by atoms with Gasteiger partial charge in [0.25, 0.3) is 0 Å². The van der Waals surface area contributed by atoms with Crippen molar-refractivity contribution in [3.8, 4) is 0 Å². The van der Waals surface area contributed by atoms with Crippen LogP contribution in [0.3, 0.4) is 0 Å². The second-order valence-electron chi connectivity index (χ2n) is 4.02. The Morgan fingerprint density at radius 1 is 1.07 bits per heavy atom. The predicted octanol–water partition coefficient (Wildman–Crippen LogP) is 3.88. The maximum Gasteiger partial charge on any atom is 0.161 e. The zero-order valence-electron chi connectivity index (χ0n) is 9.65. The van der Waals surface area contributed by atoms with E-state index < -0.39 is 0 Å². The Morgan fingerprint density at radius 2 is 1.57 bits per heavy atom. The molecular formula is C14H17+. The highest BCUT2D eigenvalue weighted by molar-refractivity contribution is 5.41. The van der Waals surface area contributed by atoms with Crippen molar-refractivity contribution in [1.29, 1.82) is 0 Å². The standard InChI is InChI=1S/C14H17/c1-10(2)6-7-14-12(4)8-11(3)9-13(14)5/h8-9H,1-5H3/q+1. The quantitative estimate of drug-likeness (QED) is 0.460. The summed E-state index contributed by atoms with van der Waals surface area (Å²) in [5.74, 6) is 0. The lowest BCUT2D eigenvalue weighted by molar-refractivity contribution is 1.27. The van der Waals surface area contributed by atoms with E-state index in [1.54, 1.807) is 0 Å². The molecule has 0 unspecified atom stereocenters. The molecule has 0 saturated carbocycles. The summed E-state index contributed by atoms with van der Waals surface area (Å²) in [6.07, 6.45) is 3.22. The summed E-state index contributed by atoms with van der Waals surface area (Å²) in [6, 6.07) is 4.37. The predicted molar refractivity (Wildman–Crippen MR) is 61.4 cm³/mol. The molecule has 0 amide bonds. The molecule has 0 aromatic heterocycles. The van der Waals surface area contributed by atoms with Gasteiger partial charge >= 0.3 is 0 Å². The Kier molecular flexibility index (Phi) is 3.25. The molecule has 0 heteroatoms. The van der Waals surface area contributed by atoms with Gasteiger partial charge in [-0.2, -0.15) is 0 Å². The largest absolute Gasteiger partial charge is 0.161 e. The van der Waals surface area contributed by atoms with Gasteiger partial charge < -0.3 is 0 Å². The molecule has 0 N–H and O–H groups in total. The SMILES string of the molecule is CC(C)=C=[C+]c1c(C)cc(C)cc1C. The molecule has 0 aliphatic carbocycles. The van der Waals surface area contributed by atoms with Crippen molar-refractivity contribution in [2.75, 3.05) is 0 Å². The topological polar surface area (TPSA) is 0 Å². The number of hydrogen-bond donors (Lipinski definition) is 0. The summed E-state index contributed by atoms with van der Waals surface area (Å²) in [6.45, 7) is 10.4. The fourth-order valence-corrected chi connectivity index (χ4v) is 1.56. The first-order chi connectivity index (χ1) is 6.50. The van der Waals surface area contributed by atoms with Crippen LogP contribution in [0.15, 0.2) is 23.4 Å². The molecule has 0 aliphatic rings. The molecule has 0 fully saturated rings. The molecule has 0 saturated heterocycles. The van der Waals surface area contributed by atoms with Crippen LogP contribution in [-0.4, -0.2) is 0 Å². The number of allylic oxidation sites excluding steroid dienone is 1. The Bertz CT molecular complexity index is 375. The zero-order valence-corrected chi connectivity index (χ0v) is 9.65. The molecule has 0 heterocycles. The van der Waals surface area contributed by atoms with Gasteiger partial charge in [0.15, 0.2) is 5.56 Å². The van der Waals surface area contributed by atoms with Gasteiger partial charge in [-0.15, -0.1) is 0 Å². The molecule has 0 radical (unpaired) electrons. The van der Waals surface area contributed by atoms with E-state index in [4.69, 9.17) is 0 Å². The van der Waals surface area contributed by atoms with E-state index in [9.17, 15) is 0 Å². The van der Waals surface area contributed by atoms with Crippen LogP contribution >= 0.6 is 0 Å². The normalized spacial score (nSPS) is 9.21. The number of rotatable bonds is 1. The summed E-state index contributed by atoms with van der Waals surface area (Å²) in [5.41, 5.74) is 9.32. The molecule has 0 atom stereocenters. The van der Waals surface area contributed by atoms with Crippen LogP contribution in [-0.2, 0) is 0 Å². The summed E-state index contributed by atoms with van der Waals surface area (Å²) in [5, 5.41) is 0. The van der Waals surface area contributed by atoms with E-state index >= 15 is 0 Å². The monoisotopic (exact) mass is 185 g/mol. The molecule has 14 heavy (non-hydrogen) atoms. The number of hydrogen-bond acceptors (Lipinski definition) is 0. The Labute approximate surface area is 87.0 Å². The van der Waals surface area contributed by atoms with E-state index in [0.717, 1.165) is 5.57 Å². The summed E-state index contributed by atoms with van der Waals surface area (Å²) < 4.78 is 0. The Balaban J connectivity index is 3.29. The van der Waals surface area contributed by atoms with Crippen molar-refractivity contribution in [2.45, 2.75) is 34.6 Å². The first kappa shape index (κ1) is 10.7. The average molecular weight is 185 g/mol. The van der Waals surface area contributed by atoms with Crippen LogP contribution in [0, 0.1) is 26.8 Å².